The molecule has 0 aliphatic carbocycles. The summed E-state index contributed by atoms with van der Waals surface area (Å²) in [4.78, 5) is 15.2. The van der Waals surface area contributed by atoms with Gasteiger partial charge in [-0.15, -0.1) is 11.3 Å². The van der Waals surface area contributed by atoms with Gasteiger partial charge in [-0.25, -0.2) is 0 Å². The Balaban J connectivity index is 1.67. The van der Waals surface area contributed by atoms with Gasteiger partial charge >= 0.3 is 0 Å². The van der Waals surface area contributed by atoms with E-state index in [0.717, 1.165) is 16.1 Å². The lowest BCUT2D eigenvalue weighted by molar-refractivity contribution is 0.101. The number of hydrogen-bond acceptors (Lipinski definition) is 5. The van der Waals surface area contributed by atoms with Crippen molar-refractivity contribution in [2.45, 2.75) is 0 Å². The molecule has 0 fully saturated rings. The second kappa shape index (κ2) is 5.57. The van der Waals surface area contributed by atoms with Crippen LogP contribution in [0.25, 0.3) is 21.6 Å². The number of rotatable bonds is 3. The second-order valence-electron chi connectivity index (χ2n) is 5.33. The fourth-order valence-corrected chi connectivity index (χ4v) is 3.23. The number of nitrogens with one attached hydrogen (secondary N) is 1. The van der Waals surface area contributed by atoms with E-state index in [0.29, 0.717) is 16.9 Å². The molecule has 0 saturated carbocycles. The minimum Gasteiger partial charge on any atom is -0.319 e. The number of aromatic nitrogens is 5. The summed E-state index contributed by atoms with van der Waals surface area (Å²) >= 11 is 1.59. The van der Waals surface area contributed by atoms with Crippen LogP contribution in [0.15, 0.2) is 41.8 Å². The van der Waals surface area contributed by atoms with Crippen molar-refractivity contribution < 1.29 is 4.79 Å². The van der Waals surface area contributed by atoms with Crippen LogP contribution >= 0.6 is 11.3 Å². The molecule has 24 heavy (non-hydrogen) atoms. The maximum atomic E-state index is 12.6. The van der Waals surface area contributed by atoms with Gasteiger partial charge in [0.2, 0.25) is 0 Å². The van der Waals surface area contributed by atoms with Crippen molar-refractivity contribution in [3.63, 3.8) is 0 Å². The van der Waals surface area contributed by atoms with Crippen molar-refractivity contribution in [1.82, 2.24) is 24.8 Å². The summed E-state index contributed by atoms with van der Waals surface area (Å²) in [5.74, 6) is -0.231. The molecule has 0 aliphatic rings. The molecular formula is C16H14N6OS. The molecule has 0 atom stereocenters. The third-order valence-electron chi connectivity index (χ3n) is 3.65. The first-order chi connectivity index (χ1) is 11.6. The van der Waals surface area contributed by atoms with Crippen molar-refractivity contribution >= 4 is 34.0 Å². The van der Waals surface area contributed by atoms with Gasteiger partial charge in [-0.2, -0.15) is 20.1 Å². The molecule has 3 aromatic heterocycles. The summed E-state index contributed by atoms with van der Waals surface area (Å²) in [6.45, 7) is 0. The topological polar surface area (TPSA) is 77.6 Å². The molecule has 4 aromatic rings. The van der Waals surface area contributed by atoms with E-state index in [1.54, 1.807) is 36.2 Å². The lowest BCUT2D eigenvalue weighted by Gasteiger charge is -2.05. The number of nitrogens with zero attached hydrogens (tertiary/aromatic N) is 5. The number of fused-ring (bicyclic) bond motifs is 1. The summed E-state index contributed by atoms with van der Waals surface area (Å²) in [7, 11) is 3.51. The predicted octanol–water partition coefficient (Wildman–Crippen LogP) is 2.68. The molecule has 0 radical (unpaired) electrons. The van der Waals surface area contributed by atoms with Gasteiger partial charge in [-0.1, -0.05) is 12.1 Å². The zero-order valence-electron chi connectivity index (χ0n) is 13.1. The molecule has 3 heterocycles. The Kier molecular flexibility index (Phi) is 3.39. The number of carbonyl (C=O) groups excluding carboxylic acids is 1. The average Bonchev–Trinajstić information content (AvgIpc) is 3.25. The highest BCUT2D eigenvalue weighted by Crippen LogP contribution is 2.25. The van der Waals surface area contributed by atoms with Crippen LogP contribution < -0.4 is 5.32 Å². The van der Waals surface area contributed by atoms with Crippen LogP contribution in [0.1, 0.15) is 10.5 Å². The Hall–Kier alpha value is -3.00. The van der Waals surface area contributed by atoms with E-state index in [4.69, 9.17) is 0 Å². The van der Waals surface area contributed by atoms with Crippen LogP contribution in [0.5, 0.6) is 0 Å². The number of aryl methyl sites for hydroxylation is 2. The molecule has 7 nitrogen and oxygen atoms in total. The Bertz CT molecular complexity index is 1030. The van der Waals surface area contributed by atoms with Crippen molar-refractivity contribution in [2.24, 2.45) is 14.1 Å². The second-order valence-corrected chi connectivity index (χ2v) is 6.28. The summed E-state index contributed by atoms with van der Waals surface area (Å²) in [6, 6.07) is 11.2. The normalized spacial score (nSPS) is 11.1. The summed E-state index contributed by atoms with van der Waals surface area (Å²) in [6.07, 6.45) is 0. The lowest BCUT2D eigenvalue weighted by atomic mass is 10.2. The van der Waals surface area contributed by atoms with Gasteiger partial charge in [-0.3, -0.25) is 9.48 Å². The first-order valence-corrected chi connectivity index (χ1v) is 8.19. The smallest absolute Gasteiger partial charge is 0.274 e. The first-order valence-electron chi connectivity index (χ1n) is 7.31. The molecule has 8 heteroatoms. The van der Waals surface area contributed by atoms with E-state index >= 15 is 0 Å². The van der Waals surface area contributed by atoms with E-state index in [9.17, 15) is 4.79 Å². The SMILES string of the molecule is Cn1nc2cccc(NC(=O)c3cc(-c4cccs4)nn3C)c2n1. The third-order valence-corrected chi connectivity index (χ3v) is 4.54. The van der Waals surface area contributed by atoms with Crippen LogP contribution in [0.2, 0.25) is 0 Å². The van der Waals surface area contributed by atoms with E-state index in [1.165, 1.54) is 4.80 Å². The van der Waals surface area contributed by atoms with E-state index in [-0.39, 0.29) is 5.91 Å². The molecule has 0 aliphatic heterocycles. The average molecular weight is 338 g/mol. The van der Waals surface area contributed by atoms with Crippen molar-refractivity contribution in [2.75, 3.05) is 5.32 Å². The van der Waals surface area contributed by atoms with Crippen LogP contribution in [0.3, 0.4) is 0 Å². The highest BCUT2D eigenvalue weighted by molar-refractivity contribution is 7.13. The Morgan fingerprint density at radius 3 is 2.79 bits per heavy atom. The van der Waals surface area contributed by atoms with Gasteiger partial charge < -0.3 is 5.32 Å². The summed E-state index contributed by atoms with van der Waals surface area (Å²) in [5.41, 5.74) is 3.30. The third kappa shape index (κ3) is 2.46. The summed E-state index contributed by atoms with van der Waals surface area (Å²) in [5, 5.41) is 17.8. The molecule has 0 bridgehead atoms. The van der Waals surface area contributed by atoms with Crippen molar-refractivity contribution in [3.8, 4) is 10.6 Å². The molecule has 120 valence electrons. The van der Waals surface area contributed by atoms with Gasteiger partial charge in [0.15, 0.2) is 0 Å². The summed E-state index contributed by atoms with van der Waals surface area (Å²) < 4.78 is 1.58. The number of amides is 1. The maximum absolute atomic E-state index is 12.6. The monoisotopic (exact) mass is 338 g/mol. The number of benzene rings is 1. The molecule has 0 saturated heterocycles. The van der Waals surface area contributed by atoms with E-state index in [2.05, 4.69) is 20.6 Å². The predicted molar refractivity (Wildman–Crippen MR) is 93.0 cm³/mol. The van der Waals surface area contributed by atoms with Crippen LogP contribution in [-0.4, -0.2) is 30.7 Å². The fraction of sp³-hybridized carbons (Fsp3) is 0.125. The largest absolute Gasteiger partial charge is 0.319 e. The molecular weight excluding hydrogens is 324 g/mol. The standard InChI is InChI=1S/C16H14N6OS/c1-21-13(9-12(18-21)14-7-4-8-24-14)16(23)17-10-5-3-6-11-15(10)20-22(2)19-11/h3-9H,1-2H3,(H,17,23). The van der Waals surface area contributed by atoms with Gasteiger partial charge in [0, 0.05) is 14.1 Å². The van der Waals surface area contributed by atoms with E-state index < -0.39 is 0 Å². The minimum absolute atomic E-state index is 0.231. The molecule has 1 aromatic carbocycles. The molecule has 1 amide bonds. The number of hydrogen-bond donors (Lipinski definition) is 1. The van der Waals surface area contributed by atoms with Crippen LogP contribution in [0.4, 0.5) is 5.69 Å². The number of thiophene rings is 1. The van der Waals surface area contributed by atoms with Crippen molar-refractivity contribution in [1.29, 1.82) is 0 Å². The lowest BCUT2D eigenvalue weighted by Crippen LogP contribution is -2.16. The zero-order chi connectivity index (χ0) is 16.7. The van der Waals surface area contributed by atoms with Crippen molar-refractivity contribution in [3.05, 3.63) is 47.5 Å². The first kappa shape index (κ1) is 14.6. The Morgan fingerprint density at radius 1 is 1.12 bits per heavy atom. The number of carbonyl (C=O) groups is 1. The quantitative estimate of drug-likeness (QED) is 0.623. The Morgan fingerprint density at radius 2 is 2.00 bits per heavy atom. The minimum atomic E-state index is -0.231. The highest BCUT2D eigenvalue weighted by atomic mass is 32.1. The zero-order valence-corrected chi connectivity index (χ0v) is 13.9. The van der Waals surface area contributed by atoms with Crippen LogP contribution in [0, 0.1) is 0 Å². The number of anilines is 1. The van der Waals surface area contributed by atoms with Gasteiger partial charge in [0.25, 0.3) is 5.91 Å². The van der Waals surface area contributed by atoms with Gasteiger partial charge in [-0.05, 0) is 29.6 Å². The molecule has 0 spiro atoms. The molecule has 1 N–H and O–H groups in total. The Labute approximate surface area is 141 Å². The van der Waals surface area contributed by atoms with E-state index in [1.807, 2.05) is 35.7 Å². The van der Waals surface area contributed by atoms with Gasteiger partial charge in [0.1, 0.15) is 22.4 Å². The molecule has 0 unspecified atom stereocenters. The molecule has 4 rings (SSSR count). The fourth-order valence-electron chi connectivity index (χ4n) is 2.55. The van der Waals surface area contributed by atoms with Gasteiger partial charge in [0.05, 0.1) is 10.6 Å². The highest BCUT2D eigenvalue weighted by Gasteiger charge is 2.16. The maximum Gasteiger partial charge on any atom is 0.274 e. The van der Waals surface area contributed by atoms with Crippen LogP contribution in [-0.2, 0) is 14.1 Å².